The summed E-state index contributed by atoms with van der Waals surface area (Å²) in [5.41, 5.74) is 1.16. The molecule has 3 rings (SSSR count). The van der Waals surface area contributed by atoms with Gasteiger partial charge in [-0.25, -0.2) is 9.50 Å². The second-order valence-electron chi connectivity index (χ2n) is 3.91. The van der Waals surface area contributed by atoms with Gasteiger partial charge in [0.25, 0.3) is 5.78 Å². The van der Waals surface area contributed by atoms with E-state index in [2.05, 4.69) is 20.4 Å². The number of fused-ring (bicyclic) bond motifs is 1. The van der Waals surface area contributed by atoms with E-state index < -0.39 is 0 Å². The van der Waals surface area contributed by atoms with Gasteiger partial charge in [0.1, 0.15) is 6.33 Å². The van der Waals surface area contributed by atoms with Crippen molar-refractivity contribution in [1.29, 1.82) is 0 Å². The van der Waals surface area contributed by atoms with Crippen molar-refractivity contribution < 1.29 is 4.74 Å². The Bertz CT molecular complexity index is 479. The Morgan fingerprint density at radius 1 is 1.44 bits per heavy atom. The maximum atomic E-state index is 5.09. The van der Waals surface area contributed by atoms with Crippen molar-refractivity contribution in [2.45, 2.75) is 12.5 Å². The highest BCUT2D eigenvalue weighted by Gasteiger charge is 2.16. The Balaban J connectivity index is 1.60. The second-order valence-corrected chi connectivity index (χ2v) is 3.91. The van der Waals surface area contributed by atoms with Crippen molar-refractivity contribution in [1.82, 2.24) is 24.9 Å². The van der Waals surface area contributed by atoms with Crippen LogP contribution in [0.4, 0.5) is 0 Å². The lowest BCUT2D eigenvalue weighted by atomic mass is 10.2. The standard InChI is InChI=1S/C10H13N5O/c1(2-11-9-5-16-6-9)8-3-12-10-13-7-14-15(10)4-8/h3-4,7,9,11H,1-2,5-6H2. The highest BCUT2D eigenvalue weighted by molar-refractivity contribution is 5.25. The Kier molecular flexibility index (Phi) is 2.51. The summed E-state index contributed by atoms with van der Waals surface area (Å²) < 4.78 is 6.78. The van der Waals surface area contributed by atoms with Crippen LogP contribution < -0.4 is 5.32 Å². The van der Waals surface area contributed by atoms with E-state index in [4.69, 9.17) is 4.74 Å². The number of rotatable bonds is 4. The van der Waals surface area contributed by atoms with Gasteiger partial charge in [0.2, 0.25) is 0 Å². The number of hydrogen-bond acceptors (Lipinski definition) is 5. The third-order valence-corrected chi connectivity index (χ3v) is 2.67. The third kappa shape index (κ3) is 1.89. The van der Waals surface area contributed by atoms with E-state index in [9.17, 15) is 0 Å². The van der Waals surface area contributed by atoms with Crippen molar-refractivity contribution in [2.24, 2.45) is 0 Å². The molecule has 84 valence electrons. The molecule has 3 heterocycles. The molecule has 0 amide bonds. The normalized spacial score (nSPS) is 16.5. The first kappa shape index (κ1) is 9.68. The van der Waals surface area contributed by atoms with Crippen molar-refractivity contribution >= 4 is 5.78 Å². The van der Waals surface area contributed by atoms with Crippen LogP contribution in [0.15, 0.2) is 18.7 Å². The van der Waals surface area contributed by atoms with Crippen LogP contribution >= 0.6 is 0 Å². The molecule has 2 aromatic rings. The molecule has 1 N–H and O–H groups in total. The summed E-state index contributed by atoms with van der Waals surface area (Å²) in [6.45, 7) is 2.61. The maximum Gasteiger partial charge on any atom is 0.252 e. The minimum absolute atomic E-state index is 0.531. The fraction of sp³-hybridized carbons (Fsp3) is 0.500. The number of ether oxygens (including phenoxy) is 1. The fourth-order valence-corrected chi connectivity index (χ4v) is 1.66. The van der Waals surface area contributed by atoms with Gasteiger partial charge in [-0.05, 0) is 18.5 Å². The predicted octanol–water partition coefficient (Wildman–Crippen LogP) is -0.345. The van der Waals surface area contributed by atoms with Crippen molar-refractivity contribution in [3.8, 4) is 0 Å². The zero-order valence-corrected chi connectivity index (χ0v) is 8.83. The van der Waals surface area contributed by atoms with Crippen LogP contribution in [-0.4, -0.2) is 45.4 Å². The van der Waals surface area contributed by atoms with Gasteiger partial charge in [-0.3, -0.25) is 0 Å². The highest BCUT2D eigenvalue weighted by Crippen LogP contribution is 2.02. The van der Waals surface area contributed by atoms with Crippen LogP contribution in [-0.2, 0) is 11.2 Å². The Labute approximate surface area is 92.7 Å². The molecule has 1 aliphatic heterocycles. The molecule has 0 saturated carbocycles. The van der Waals surface area contributed by atoms with E-state index in [1.54, 1.807) is 4.52 Å². The molecule has 0 radical (unpaired) electrons. The lowest BCUT2D eigenvalue weighted by Gasteiger charge is -2.26. The first-order valence-electron chi connectivity index (χ1n) is 5.37. The van der Waals surface area contributed by atoms with Gasteiger partial charge in [0, 0.05) is 12.4 Å². The van der Waals surface area contributed by atoms with Crippen LogP contribution in [0.1, 0.15) is 5.56 Å². The summed E-state index contributed by atoms with van der Waals surface area (Å²) in [4.78, 5) is 8.21. The minimum Gasteiger partial charge on any atom is -0.378 e. The molecule has 6 nitrogen and oxygen atoms in total. The molecular weight excluding hydrogens is 206 g/mol. The monoisotopic (exact) mass is 219 g/mol. The van der Waals surface area contributed by atoms with E-state index >= 15 is 0 Å². The van der Waals surface area contributed by atoms with Gasteiger partial charge in [-0.15, -0.1) is 0 Å². The summed E-state index contributed by atoms with van der Waals surface area (Å²) in [6.07, 6.45) is 6.27. The molecule has 1 saturated heterocycles. The maximum absolute atomic E-state index is 5.09. The van der Waals surface area contributed by atoms with Crippen LogP contribution in [0.3, 0.4) is 0 Å². The molecule has 2 aromatic heterocycles. The van der Waals surface area contributed by atoms with Gasteiger partial charge < -0.3 is 10.1 Å². The molecule has 6 heteroatoms. The van der Waals surface area contributed by atoms with Crippen molar-refractivity contribution in [3.63, 3.8) is 0 Å². The second kappa shape index (κ2) is 4.15. The fourth-order valence-electron chi connectivity index (χ4n) is 1.66. The van der Waals surface area contributed by atoms with E-state index in [1.165, 1.54) is 6.33 Å². The highest BCUT2D eigenvalue weighted by atomic mass is 16.5. The molecule has 0 atom stereocenters. The van der Waals surface area contributed by atoms with E-state index in [-0.39, 0.29) is 0 Å². The van der Waals surface area contributed by atoms with Gasteiger partial charge in [0.05, 0.1) is 19.3 Å². The molecule has 0 aromatic carbocycles. The Hall–Kier alpha value is -1.53. The Morgan fingerprint density at radius 2 is 2.38 bits per heavy atom. The summed E-state index contributed by atoms with van der Waals surface area (Å²) >= 11 is 0. The number of nitrogens with one attached hydrogen (secondary N) is 1. The molecular formula is C10H13N5O. The first-order chi connectivity index (χ1) is 7.92. The summed E-state index contributed by atoms with van der Waals surface area (Å²) in [5.74, 6) is 0.643. The molecule has 0 aliphatic carbocycles. The average Bonchev–Trinajstić information content (AvgIpc) is 2.68. The summed E-state index contributed by atoms with van der Waals surface area (Å²) in [7, 11) is 0. The van der Waals surface area contributed by atoms with Crippen LogP contribution in [0.2, 0.25) is 0 Å². The zero-order valence-electron chi connectivity index (χ0n) is 8.83. The quantitative estimate of drug-likeness (QED) is 0.761. The molecule has 0 bridgehead atoms. The first-order valence-corrected chi connectivity index (χ1v) is 5.37. The number of aromatic nitrogens is 4. The SMILES string of the molecule is c1nc2ncc(CCNC3COC3)cn2n1. The number of nitrogens with zero attached hydrogens (tertiary/aromatic N) is 4. The largest absolute Gasteiger partial charge is 0.378 e. The smallest absolute Gasteiger partial charge is 0.252 e. The van der Waals surface area contributed by atoms with Gasteiger partial charge >= 0.3 is 0 Å². The van der Waals surface area contributed by atoms with Crippen LogP contribution in [0.5, 0.6) is 0 Å². The summed E-state index contributed by atoms with van der Waals surface area (Å²) in [6, 6.07) is 0.531. The summed E-state index contributed by atoms with van der Waals surface area (Å²) in [5, 5.41) is 7.46. The van der Waals surface area contributed by atoms with Crippen molar-refractivity contribution in [2.75, 3.05) is 19.8 Å². The third-order valence-electron chi connectivity index (χ3n) is 2.67. The molecule has 1 fully saturated rings. The topological polar surface area (TPSA) is 64.3 Å². The van der Waals surface area contributed by atoms with Gasteiger partial charge in [0.15, 0.2) is 0 Å². The molecule has 16 heavy (non-hydrogen) atoms. The van der Waals surface area contributed by atoms with Gasteiger partial charge in [-0.2, -0.15) is 10.1 Å². The van der Waals surface area contributed by atoms with Crippen molar-refractivity contribution in [3.05, 3.63) is 24.3 Å². The average molecular weight is 219 g/mol. The van der Waals surface area contributed by atoms with E-state index in [0.717, 1.165) is 31.7 Å². The van der Waals surface area contributed by atoms with E-state index in [0.29, 0.717) is 11.8 Å². The lowest BCUT2D eigenvalue weighted by molar-refractivity contribution is -0.00467. The Morgan fingerprint density at radius 3 is 3.19 bits per heavy atom. The number of hydrogen-bond donors (Lipinski definition) is 1. The molecule has 1 aliphatic rings. The minimum atomic E-state index is 0.531. The van der Waals surface area contributed by atoms with Crippen LogP contribution in [0, 0.1) is 0 Å². The predicted molar refractivity (Wildman–Crippen MR) is 57.1 cm³/mol. The van der Waals surface area contributed by atoms with E-state index in [1.807, 2.05) is 12.4 Å². The zero-order chi connectivity index (χ0) is 10.8. The van der Waals surface area contributed by atoms with Crippen LogP contribution in [0.25, 0.3) is 5.78 Å². The van der Waals surface area contributed by atoms with Gasteiger partial charge in [-0.1, -0.05) is 0 Å². The molecule has 0 spiro atoms. The lowest BCUT2D eigenvalue weighted by Crippen LogP contribution is -2.46. The molecule has 0 unspecified atom stereocenters.